The van der Waals surface area contributed by atoms with Crippen LogP contribution in [-0.2, 0) is 27.3 Å². The van der Waals surface area contributed by atoms with Gasteiger partial charge in [-0.15, -0.1) is 0 Å². The van der Waals surface area contributed by atoms with Crippen molar-refractivity contribution in [3.63, 3.8) is 0 Å². The number of aromatic amines is 1. The number of carbonyl (C=O) groups excluding carboxylic acids is 3. The fourth-order valence-corrected chi connectivity index (χ4v) is 3.89. The second kappa shape index (κ2) is 10.5. The van der Waals surface area contributed by atoms with Gasteiger partial charge in [0.1, 0.15) is 6.54 Å². The Morgan fingerprint density at radius 3 is 2.53 bits per heavy atom. The molecule has 4 rings (SSSR count). The summed E-state index contributed by atoms with van der Waals surface area (Å²) in [5, 5.41) is 5.33. The summed E-state index contributed by atoms with van der Waals surface area (Å²) in [6, 6.07) is 8.27. The molecule has 0 bridgehead atoms. The molecule has 0 saturated heterocycles. The third-order valence-electron chi connectivity index (χ3n) is 5.89. The predicted octanol–water partition coefficient (Wildman–Crippen LogP) is 1.46. The average Bonchev–Trinajstić information content (AvgIpc) is 3.71. The van der Waals surface area contributed by atoms with Crippen LogP contribution in [0.25, 0.3) is 11.0 Å². The summed E-state index contributed by atoms with van der Waals surface area (Å²) in [6.45, 7) is 2.06. The molecule has 3 aromatic rings. The molecule has 1 aliphatic rings. The third-order valence-corrected chi connectivity index (χ3v) is 5.89. The van der Waals surface area contributed by atoms with Gasteiger partial charge in [-0.2, -0.15) is 0 Å². The SMILES string of the molecule is CCCn1c(=O)[nH]c(=O)c2c(C(=O)Nc3ccc(CC(=O)NCC(=O)OC)cc3)cc(C3CC3)nc21. The zero-order valence-corrected chi connectivity index (χ0v) is 20.1. The van der Waals surface area contributed by atoms with Gasteiger partial charge in [-0.1, -0.05) is 19.1 Å². The predicted molar refractivity (Wildman–Crippen MR) is 132 cm³/mol. The zero-order valence-electron chi connectivity index (χ0n) is 20.1. The normalized spacial score (nSPS) is 12.8. The summed E-state index contributed by atoms with van der Waals surface area (Å²) in [7, 11) is 1.24. The monoisotopic (exact) mass is 493 g/mol. The number of methoxy groups -OCH3 is 1. The number of carbonyl (C=O) groups is 3. The number of H-pyrrole nitrogens is 1. The summed E-state index contributed by atoms with van der Waals surface area (Å²) in [5.41, 5.74) is 1.00. The Morgan fingerprint density at radius 2 is 1.89 bits per heavy atom. The highest BCUT2D eigenvalue weighted by molar-refractivity contribution is 6.11. The highest BCUT2D eigenvalue weighted by Gasteiger charge is 2.28. The zero-order chi connectivity index (χ0) is 25.8. The maximum absolute atomic E-state index is 13.3. The van der Waals surface area contributed by atoms with Crippen LogP contribution in [0.3, 0.4) is 0 Å². The van der Waals surface area contributed by atoms with Crippen LogP contribution in [0.2, 0.25) is 0 Å². The molecule has 188 valence electrons. The largest absolute Gasteiger partial charge is 0.468 e. The Balaban J connectivity index is 1.58. The molecule has 36 heavy (non-hydrogen) atoms. The molecule has 1 aliphatic carbocycles. The Labute approximate surface area is 205 Å². The fraction of sp³-hybridized carbons (Fsp3) is 0.360. The van der Waals surface area contributed by atoms with Crippen molar-refractivity contribution >= 4 is 34.5 Å². The summed E-state index contributed by atoms with van der Waals surface area (Å²) < 4.78 is 5.89. The van der Waals surface area contributed by atoms with Crippen molar-refractivity contribution < 1.29 is 19.1 Å². The van der Waals surface area contributed by atoms with E-state index in [1.165, 1.54) is 11.7 Å². The minimum absolute atomic E-state index is 0.0509. The van der Waals surface area contributed by atoms with Crippen molar-refractivity contribution in [1.82, 2.24) is 19.9 Å². The smallest absolute Gasteiger partial charge is 0.329 e. The van der Waals surface area contributed by atoms with Gasteiger partial charge in [-0.05, 0) is 43.0 Å². The van der Waals surface area contributed by atoms with E-state index in [0.717, 1.165) is 12.8 Å². The standard InChI is InChI=1S/C25H27N5O6/c1-3-10-30-22-21(24(34)29-25(30)35)17(12-18(28-22)15-6-7-15)23(33)27-16-8-4-14(5-9-16)11-19(31)26-13-20(32)36-2/h4-5,8-9,12,15H,3,6-7,10-11,13H2,1-2H3,(H,26,31)(H,27,33)(H,29,34,35). The number of hydrogen-bond acceptors (Lipinski definition) is 7. The van der Waals surface area contributed by atoms with Crippen LogP contribution in [0, 0.1) is 0 Å². The van der Waals surface area contributed by atoms with Gasteiger partial charge in [0.25, 0.3) is 11.5 Å². The maximum Gasteiger partial charge on any atom is 0.329 e. The number of pyridine rings is 1. The first kappa shape index (κ1) is 24.8. The molecule has 0 aliphatic heterocycles. The van der Waals surface area contributed by atoms with Gasteiger partial charge in [-0.3, -0.25) is 28.7 Å². The van der Waals surface area contributed by atoms with Crippen LogP contribution in [0.5, 0.6) is 0 Å². The van der Waals surface area contributed by atoms with Crippen molar-refractivity contribution in [3.8, 4) is 0 Å². The maximum atomic E-state index is 13.3. The van der Waals surface area contributed by atoms with E-state index in [1.54, 1.807) is 30.3 Å². The third kappa shape index (κ3) is 5.51. The number of anilines is 1. The molecule has 2 amide bonds. The number of aryl methyl sites for hydroxylation is 1. The number of ether oxygens (including phenoxy) is 1. The first-order valence-corrected chi connectivity index (χ1v) is 11.7. The summed E-state index contributed by atoms with van der Waals surface area (Å²) in [4.78, 5) is 68.5. The van der Waals surface area contributed by atoms with Crippen LogP contribution in [0.1, 0.15) is 53.7 Å². The summed E-state index contributed by atoms with van der Waals surface area (Å²) in [6.07, 6.45) is 2.59. The Bertz CT molecular complexity index is 1440. The lowest BCUT2D eigenvalue weighted by Gasteiger charge is -2.13. The first-order valence-electron chi connectivity index (χ1n) is 11.7. The van der Waals surface area contributed by atoms with E-state index in [9.17, 15) is 24.0 Å². The lowest BCUT2D eigenvalue weighted by molar-refractivity contribution is -0.141. The first-order chi connectivity index (χ1) is 17.3. The van der Waals surface area contributed by atoms with E-state index in [2.05, 4.69) is 25.3 Å². The van der Waals surface area contributed by atoms with Crippen molar-refractivity contribution in [1.29, 1.82) is 0 Å². The fourth-order valence-electron chi connectivity index (χ4n) is 3.89. The van der Waals surface area contributed by atoms with E-state index in [0.29, 0.717) is 29.9 Å². The van der Waals surface area contributed by atoms with Crippen LogP contribution in [-0.4, -0.2) is 46.0 Å². The van der Waals surface area contributed by atoms with E-state index < -0.39 is 23.1 Å². The molecular weight excluding hydrogens is 466 g/mol. The summed E-state index contributed by atoms with van der Waals surface area (Å²) >= 11 is 0. The van der Waals surface area contributed by atoms with Crippen LogP contribution < -0.4 is 21.9 Å². The molecule has 1 aromatic carbocycles. The molecule has 0 radical (unpaired) electrons. The van der Waals surface area contributed by atoms with Crippen LogP contribution >= 0.6 is 0 Å². The Morgan fingerprint density at radius 1 is 1.17 bits per heavy atom. The number of fused-ring (bicyclic) bond motifs is 1. The Hall–Kier alpha value is -4.28. The van der Waals surface area contributed by atoms with Crippen LogP contribution in [0.15, 0.2) is 39.9 Å². The highest BCUT2D eigenvalue weighted by atomic mass is 16.5. The molecule has 0 atom stereocenters. The van der Waals surface area contributed by atoms with Gasteiger partial charge in [0.15, 0.2) is 5.65 Å². The van der Waals surface area contributed by atoms with Crippen molar-refractivity contribution in [3.05, 3.63) is 68.0 Å². The van der Waals surface area contributed by atoms with Crippen molar-refractivity contribution in [2.24, 2.45) is 0 Å². The van der Waals surface area contributed by atoms with Gasteiger partial charge < -0.3 is 15.4 Å². The molecule has 2 heterocycles. The molecule has 2 aromatic heterocycles. The molecule has 11 heteroatoms. The number of nitrogens with one attached hydrogen (secondary N) is 3. The number of nitrogens with zero attached hydrogens (tertiary/aromatic N) is 2. The van der Waals surface area contributed by atoms with E-state index in [4.69, 9.17) is 0 Å². The number of hydrogen-bond donors (Lipinski definition) is 3. The lowest BCUT2D eigenvalue weighted by Crippen LogP contribution is -2.32. The van der Waals surface area contributed by atoms with Crippen molar-refractivity contribution in [2.45, 2.75) is 45.1 Å². The molecule has 11 nitrogen and oxygen atoms in total. The average molecular weight is 494 g/mol. The van der Waals surface area contributed by atoms with Gasteiger partial charge in [-0.25, -0.2) is 9.78 Å². The second-order valence-electron chi connectivity index (χ2n) is 8.66. The molecule has 1 fully saturated rings. The van der Waals surface area contributed by atoms with Crippen molar-refractivity contribution in [2.75, 3.05) is 19.0 Å². The number of rotatable bonds is 9. The topological polar surface area (TPSA) is 152 Å². The number of esters is 1. The number of amides is 2. The second-order valence-corrected chi connectivity index (χ2v) is 8.66. The van der Waals surface area contributed by atoms with Crippen LogP contribution in [0.4, 0.5) is 5.69 Å². The quantitative estimate of drug-likeness (QED) is 0.382. The lowest BCUT2D eigenvalue weighted by atomic mass is 10.1. The molecule has 0 unspecified atom stereocenters. The molecule has 3 N–H and O–H groups in total. The summed E-state index contributed by atoms with van der Waals surface area (Å²) in [5.74, 6) is -1.18. The molecular formula is C25H27N5O6. The van der Waals surface area contributed by atoms with Gasteiger partial charge in [0.2, 0.25) is 5.91 Å². The van der Waals surface area contributed by atoms with Gasteiger partial charge in [0.05, 0.1) is 24.5 Å². The van der Waals surface area contributed by atoms with Gasteiger partial charge in [0, 0.05) is 23.8 Å². The molecule has 1 saturated carbocycles. The molecule has 0 spiro atoms. The Kier molecular flexibility index (Phi) is 7.28. The minimum atomic E-state index is -0.657. The van der Waals surface area contributed by atoms with E-state index >= 15 is 0 Å². The number of benzene rings is 1. The number of aromatic nitrogens is 3. The van der Waals surface area contributed by atoms with E-state index in [-0.39, 0.29) is 41.4 Å². The van der Waals surface area contributed by atoms with E-state index in [1.807, 2.05) is 6.92 Å². The highest BCUT2D eigenvalue weighted by Crippen LogP contribution is 2.40. The van der Waals surface area contributed by atoms with Gasteiger partial charge >= 0.3 is 11.7 Å². The minimum Gasteiger partial charge on any atom is -0.468 e.